The van der Waals surface area contributed by atoms with Crippen LogP contribution in [0.2, 0.25) is 0 Å². The summed E-state index contributed by atoms with van der Waals surface area (Å²) in [6.07, 6.45) is 9.49. The van der Waals surface area contributed by atoms with E-state index in [2.05, 4.69) is 22.2 Å². The molecule has 0 saturated heterocycles. The molecule has 0 radical (unpaired) electrons. The molecule has 7 nitrogen and oxygen atoms in total. The normalized spacial score (nSPS) is 10.8. The second kappa shape index (κ2) is 15.0. The van der Waals surface area contributed by atoms with E-state index in [4.69, 9.17) is 28.0 Å². The molecule has 0 aliphatic rings. The van der Waals surface area contributed by atoms with E-state index in [-0.39, 0.29) is 5.84 Å². The Morgan fingerprint density at radius 2 is 1.52 bits per heavy atom. The van der Waals surface area contributed by atoms with Crippen molar-refractivity contribution in [1.29, 1.82) is 10.8 Å². The summed E-state index contributed by atoms with van der Waals surface area (Å²) >= 11 is 0. The first-order chi connectivity index (χ1) is 14.0. The summed E-state index contributed by atoms with van der Waals surface area (Å²) in [5.41, 5.74) is 18.2. The Bertz CT molecular complexity index is 711. The minimum atomic E-state index is 0.0583. The summed E-state index contributed by atoms with van der Waals surface area (Å²) in [7, 11) is 0. The van der Waals surface area contributed by atoms with Crippen molar-refractivity contribution in [3.63, 3.8) is 0 Å². The average Bonchev–Trinajstić information content (AvgIpc) is 2.69. The third-order valence-corrected chi connectivity index (χ3v) is 4.38. The summed E-state index contributed by atoms with van der Waals surface area (Å²) in [5, 5.41) is 17.7. The topological polar surface area (TPSA) is 150 Å². The van der Waals surface area contributed by atoms with Gasteiger partial charge in [-0.05, 0) is 25.0 Å². The lowest BCUT2D eigenvalue weighted by molar-refractivity contribution is 0.579. The number of guanidine groups is 1. The molecule has 0 bridgehead atoms. The second-order valence-corrected chi connectivity index (χ2v) is 6.99. The molecule has 0 aliphatic heterocycles. The van der Waals surface area contributed by atoms with Gasteiger partial charge in [0.25, 0.3) is 0 Å². The number of aliphatic imine (C=N–C) groups is 1. The van der Waals surface area contributed by atoms with Crippen molar-refractivity contribution in [1.82, 2.24) is 5.32 Å². The van der Waals surface area contributed by atoms with Crippen LogP contribution in [-0.4, -0.2) is 30.7 Å². The molecule has 1 aromatic carbocycles. The number of hydrogen-bond donors (Lipinski definition) is 6. The van der Waals surface area contributed by atoms with Gasteiger partial charge in [-0.3, -0.25) is 15.8 Å². The van der Waals surface area contributed by atoms with Crippen molar-refractivity contribution in [2.45, 2.75) is 57.8 Å². The smallest absolute Gasteiger partial charge is 0.188 e. The second-order valence-electron chi connectivity index (χ2n) is 6.99. The van der Waals surface area contributed by atoms with Crippen LogP contribution in [0.25, 0.3) is 0 Å². The number of nitrogen functional groups attached to an aromatic ring is 1. The molecule has 0 fully saturated rings. The standard InChI is InChI=1S/C22H35N7/c23-20(24)11-6-4-2-1-3-5-8-16-28-22(27)29-17-9-7-10-18-12-14-19(15-13-18)21(25)26/h12-15H,1-6,8-9,11,16-17H2,(H3,23,24)(H3,25,26)(H3,27,28,29). The summed E-state index contributed by atoms with van der Waals surface area (Å²) in [6.45, 7) is 1.41. The predicted octanol–water partition coefficient (Wildman–Crippen LogP) is 2.67. The minimum Gasteiger partial charge on any atom is -0.388 e. The number of unbranched alkanes of at least 4 members (excludes halogenated alkanes) is 6. The molecule has 29 heavy (non-hydrogen) atoms. The van der Waals surface area contributed by atoms with Gasteiger partial charge in [-0.2, -0.15) is 0 Å². The summed E-state index contributed by atoms with van der Waals surface area (Å²) in [6, 6.07) is 7.30. The minimum absolute atomic E-state index is 0.0583. The van der Waals surface area contributed by atoms with E-state index in [1.807, 2.05) is 12.1 Å². The first-order valence-electron chi connectivity index (χ1n) is 10.3. The quantitative estimate of drug-likeness (QED) is 0.131. The Hall–Kier alpha value is -3.01. The first kappa shape index (κ1) is 24.0. The fourth-order valence-electron chi connectivity index (χ4n) is 2.73. The molecule has 0 saturated carbocycles. The van der Waals surface area contributed by atoms with Gasteiger partial charge in [-0.25, -0.2) is 0 Å². The molecule has 0 unspecified atom stereocenters. The van der Waals surface area contributed by atoms with Gasteiger partial charge in [0, 0.05) is 30.5 Å². The number of hydrogen-bond acceptors (Lipinski definition) is 3. The van der Waals surface area contributed by atoms with Crippen molar-refractivity contribution in [3.05, 3.63) is 35.4 Å². The van der Waals surface area contributed by atoms with Crippen LogP contribution in [0.4, 0.5) is 0 Å². The van der Waals surface area contributed by atoms with Crippen LogP contribution in [0.15, 0.2) is 29.3 Å². The molecule has 0 amide bonds. The molecular weight excluding hydrogens is 362 g/mol. The lowest BCUT2D eigenvalue weighted by Crippen LogP contribution is -2.32. The van der Waals surface area contributed by atoms with Gasteiger partial charge < -0.3 is 22.5 Å². The highest BCUT2D eigenvalue weighted by atomic mass is 15.1. The Morgan fingerprint density at radius 1 is 0.897 bits per heavy atom. The monoisotopic (exact) mass is 397 g/mol. The molecule has 0 heterocycles. The number of nitrogens with two attached hydrogens (primary N) is 3. The van der Waals surface area contributed by atoms with Gasteiger partial charge in [-0.1, -0.05) is 56.1 Å². The van der Waals surface area contributed by atoms with Gasteiger partial charge in [0.1, 0.15) is 5.84 Å². The van der Waals surface area contributed by atoms with Crippen LogP contribution in [-0.2, 0) is 0 Å². The highest BCUT2D eigenvalue weighted by molar-refractivity contribution is 5.94. The van der Waals surface area contributed by atoms with Crippen LogP contribution in [0, 0.1) is 22.7 Å². The Balaban J connectivity index is 2.04. The van der Waals surface area contributed by atoms with E-state index < -0.39 is 0 Å². The lowest BCUT2D eigenvalue weighted by Gasteiger charge is -2.05. The summed E-state index contributed by atoms with van der Waals surface area (Å²) in [4.78, 5) is 4.28. The highest BCUT2D eigenvalue weighted by Crippen LogP contribution is 2.08. The number of nitrogens with zero attached hydrogens (tertiary/aromatic N) is 1. The largest absolute Gasteiger partial charge is 0.388 e. The van der Waals surface area contributed by atoms with Crippen molar-refractivity contribution in [3.8, 4) is 11.8 Å². The van der Waals surface area contributed by atoms with E-state index in [1.165, 1.54) is 25.7 Å². The van der Waals surface area contributed by atoms with Crippen LogP contribution in [0.1, 0.15) is 68.9 Å². The maximum atomic E-state index is 7.36. The zero-order valence-corrected chi connectivity index (χ0v) is 17.3. The molecule has 0 aliphatic carbocycles. The molecular formula is C22H35N7. The van der Waals surface area contributed by atoms with E-state index in [0.717, 1.165) is 37.8 Å². The van der Waals surface area contributed by atoms with Gasteiger partial charge in [0.15, 0.2) is 5.96 Å². The summed E-state index contributed by atoms with van der Waals surface area (Å²) in [5.74, 6) is 6.97. The fourth-order valence-corrected chi connectivity index (χ4v) is 2.73. The van der Waals surface area contributed by atoms with E-state index in [9.17, 15) is 0 Å². The molecule has 0 atom stereocenters. The van der Waals surface area contributed by atoms with Crippen LogP contribution in [0.3, 0.4) is 0 Å². The van der Waals surface area contributed by atoms with E-state index >= 15 is 0 Å². The molecule has 0 aromatic heterocycles. The first-order valence-corrected chi connectivity index (χ1v) is 10.3. The van der Waals surface area contributed by atoms with E-state index in [1.54, 1.807) is 12.1 Å². The maximum absolute atomic E-state index is 7.36. The van der Waals surface area contributed by atoms with Crippen LogP contribution >= 0.6 is 0 Å². The summed E-state index contributed by atoms with van der Waals surface area (Å²) < 4.78 is 0. The van der Waals surface area contributed by atoms with E-state index in [0.29, 0.717) is 30.3 Å². The number of amidine groups is 2. The van der Waals surface area contributed by atoms with Gasteiger partial charge in [-0.15, -0.1) is 0 Å². The zero-order valence-electron chi connectivity index (χ0n) is 17.3. The number of rotatable bonds is 13. The third-order valence-electron chi connectivity index (χ3n) is 4.38. The Labute approximate surface area is 174 Å². The van der Waals surface area contributed by atoms with Gasteiger partial charge in [0.2, 0.25) is 0 Å². The van der Waals surface area contributed by atoms with Crippen molar-refractivity contribution in [2.24, 2.45) is 22.2 Å². The Kier molecular flexibility index (Phi) is 12.4. The number of benzene rings is 1. The van der Waals surface area contributed by atoms with Crippen molar-refractivity contribution in [2.75, 3.05) is 13.1 Å². The predicted molar refractivity (Wildman–Crippen MR) is 122 cm³/mol. The lowest BCUT2D eigenvalue weighted by atomic mass is 10.1. The SMILES string of the molecule is N=C(N)CCCCCCCCCNC(N)=NCCC#Cc1ccc(C(=N)N)cc1. The number of nitrogens with one attached hydrogen (secondary N) is 3. The zero-order chi connectivity index (χ0) is 21.3. The maximum Gasteiger partial charge on any atom is 0.188 e. The third kappa shape index (κ3) is 12.9. The highest BCUT2D eigenvalue weighted by Gasteiger charge is 1.96. The Morgan fingerprint density at radius 3 is 2.14 bits per heavy atom. The van der Waals surface area contributed by atoms with Crippen LogP contribution in [0.5, 0.6) is 0 Å². The molecule has 1 rings (SSSR count). The molecule has 9 N–H and O–H groups in total. The van der Waals surface area contributed by atoms with Crippen molar-refractivity contribution >= 4 is 17.6 Å². The molecule has 1 aromatic rings. The fraction of sp³-hybridized carbons (Fsp3) is 0.500. The molecule has 7 heteroatoms. The van der Waals surface area contributed by atoms with Gasteiger partial charge >= 0.3 is 0 Å². The molecule has 158 valence electrons. The molecule has 0 spiro atoms. The van der Waals surface area contributed by atoms with Crippen LogP contribution < -0.4 is 22.5 Å². The van der Waals surface area contributed by atoms with Crippen molar-refractivity contribution < 1.29 is 0 Å². The van der Waals surface area contributed by atoms with Gasteiger partial charge in [0.05, 0.1) is 12.4 Å². The average molecular weight is 398 g/mol.